The number of ether oxygens (including phenoxy) is 1. The highest BCUT2D eigenvalue weighted by atomic mass is 16.6. The van der Waals surface area contributed by atoms with Gasteiger partial charge in [0, 0.05) is 28.4 Å². The van der Waals surface area contributed by atoms with Crippen molar-refractivity contribution in [3.8, 4) is 5.75 Å². The topological polar surface area (TPSA) is 98.5 Å². The summed E-state index contributed by atoms with van der Waals surface area (Å²) >= 11 is 0. The molecular weight excluding hydrogens is 384 g/mol. The molecule has 0 fully saturated rings. The normalized spacial score (nSPS) is 10.4. The first-order valence-electron chi connectivity index (χ1n) is 9.16. The van der Waals surface area contributed by atoms with Crippen molar-refractivity contribution in [3.63, 3.8) is 0 Å². The van der Waals surface area contributed by atoms with Crippen molar-refractivity contribution in [3.05, 3.63) is 98.6 Å². The SMILES string of the molecule is COc1ccc(C(=O)Nc2cccc(C(=O)c3ccc(C)c(C)c3)c2)cc1[N+](=O)[O-]. The Morgan fingerprint density at radius 3 is 2.27 bits per heavy atom. The van der Waals surface area contributed by atoms with Crippen LogP contribution in [0.2, 0.25) is 0 Å². The molecule has 0 bridgehead atoms. The summed E-state index contributed by atoms with van der Waals surface area (Å²) in [5.41, 5.74) is 3.32. The molecule has 0 aliphatic carbocycles. The molecule has 0 aliphatic rings. The van der Waals surface area contributed by atoms with E-state index in [1.807, 2.05) is 26.0 Å². The number of anilines is 1. The van der Waals surface area contributed by atoms with Crippen LogP contribution in [0.5, 0.6) is 5.75 Å². The van der Waals surface area contributed by atoms with E-state index in [0.717, 1.165) is 17.2 Å². The lowest BCUT2D eigenvalue weighted by Crippen LogP contribution is -2.13. The molecule has 7 heteroatoms. The van der Waals surface area contributed by atoms with E-state index in [9.17, 15) is 19.7 Å². The maximum atomic E-state index is 12.8. The van der Waals surface area contributed by atoms with Gasteiger partial charge >= 0.3 is 5.69 Å². The van der Waals surface area contributed by atoms with Gasteiger partial charge in [-0.25, -0.2) is 0 Å². The zero-order chi connectivity index (χ0) is 21.8. The van der Waals surface area contributed by atoms with Gasteiger partial charge in [0.15, 0.2) is 11.5 Å². The van der Waals surface area contributed by atoms with E-state index in [1.54, 1.807) is 30.3 Å². The Morgan fingerprint density at radius 2 is 1.60 bits per heavy atom. The van der Waals surface area contributed by atoms with Crippen LogP contribution < -0.4 is 10.1 Å². The summed E-state index contributed by atoms with van der Waals surface area (Å²) in [5.74, 6) is -0.622. The number of aryl methyl sites for hydroxylation is 2. The smallest absolute Gasteiger partial charge is 0.311 e. The number of amides is 1. The number of nitro benzene ring substituents is 1. The molecule has 3 aromatic rings. The Hall–Kier alpha value is -4.00. The number of carbonyl (C=O) groups is 2. The van der Waals surface area contributed by atoms with Crippen molar-refractivity contribution in [2.24, 2.45) is 0 Å². The molecule has 0 saturated heterocycles. The van der Waals surface area contributed by atoms with Crippen molar-refractivity contribution in [1.29, 1.82) is 0 Å². The summed E-state index contributed by atoms with van der Waals surface area (Å²) in [4.78, 5) is 35.9. The predicted molar refractivity (Wildman–Crippen MR) is 113 cm³/mol. The van der Waals surface area contributed by atoms with Gasteiger partial charge in [-0.05, 0) is 55.3 Å². The quantitative estimate of drug-likeness (QED) is 0.365. The van der Waals surface area contributed by atoms with Gasteiger partial charge in [0.25, 0.3) is 5.91 Å². The first-order valence-corrected chi connectivity index (χ1v) is 9.16. The first-order chi connectivity index (χ1) is 14.3. The van der Waals surface area contributed by atoms with Gasteiger partial charge < -0.3 is 10.1 Å². The third kappa shape index (κ3) is 4.35. The lowest BCUT2D eigenvalue weighted by atomic mass is 9.99. The van der Waals surface area contributed by atoms with E-state index in [4.69, 9.17) is 4.74 Å². The molecule has 0 atom stereocenters. The average Bonchev–Trinajstić information content (AvgIpc) is 2.74. The Labute approximate surface area is 173 Å². The van der Waals surface area contributed by atoms with Crippen molar-refractivity contribution in [2.75, 3.05) is 12.4 Å². The molecule has 0 unspecified atom stereocenters. The van der Waals surface area contributed by atoms with Crippen molar-refractivity contribution < 1.29 is 19.2 Å². The van der Waals surface area contributed by atoms with Crippen LogP contribution >= 0.6 is 0 Å². The fraction of sp³-hybridized carbons (Fsp3) is 0.130. The van der Waals surface area contributed by atoms with Gasteiger partial charge in [0.05, 0.1) is 12.0 Å². The molecule has 1 amide bonds. The van der Waals surface area contributed by atoms with Crippen molar-refractivity contribution in [2.45, 2.75) is 13.8 Å². The highest BCUT2D eigenvalue weighted by Crippen LogP contribution is 2.28. The third-order valence-electron chi connectivity index (χ3n) is 4.79. The van der Waals surface area contributed by atoms with Crippen molar-refractivity contribution >= 4 is 23.1 Å². The number of methoxy groups -OCH3 is 1. The molecule has 0 aliphatic heterocycles. The second-order valence-corrected chi connectivity index (χ2v) is 6.81. The zero-order valence-electron chi connectivity index (χ0n) is 16.8. The highest BCUT2D eigenvalue weighted by Gasteiger charge is 2.18. The molecule has 30 heavy (non-hydrogen) atoms. The van der Waals surface area contributed by atoms with Crippen LogP contribution in [0, 0.1) is 24.0 Å². The van der Waals surface area contributed by atoms with E-state index in [2.05, 4.69) is 5.32 Å². The maximum Gasteiger partial charge on any atom is 0.311 e. The van der Waals surface area contributed by atoms with E-state index in [1.165, 1.54) is 19.2 Å². The van der Waals surface area contributed by atoms with E-state index in [-0.39, 0.29) is 22.8 Å². The summed E-state index contributed by atoms with van der Waals surface area (Å²) in [6, 6.07) is 16.0. The van der Waals surface area contributed by atoms with Gasteiger partial charge in [0.1, 0.15) is 0 Å². The lowest BCUT2D eigenvalue weighted by molar-refractivity contribution is -0.385. The maximum absolute atomic E-state index is 12.8. The summed E-state index contributed by atoms with van der Waals surface area (Å²) in [5, 5.41) is 13.8. The number of nitro groups is 1. The number of rotatable bonds is 6. The second kappa shape index (κ2) is 8.57. The standard InChI is InChI=1S/C23H20N2O5/c1-14-7-8-17(11-15(14)2)22(26)16-5-4-6-19(12-16)24-23(27)18-9-10-21(30-3)20(13-18)25(28)29/h4-13H,1-3H3,(H,24,27). The minimum Gasteiger partial charge on any atom is -0.490 e. The largest absolute Gasteiger partial charge is 0.490 e. The highest BCUT2D eigenvalue weighted by molar-refractivity contribution is 6.10. The molecule has 0 radical (unpaired) electrons. The molecule has 0 spiro atoms. The van der Waals surface area contributed by atoms with Crippen LogP contribution in [0.4, 0.5) is 11.4 Å². The van der Waals surface area contributed by atoms with Crippen LogP contribution in [0.1, 0.15) is 37.4 Å². The first kappa shape index (κ1) is 20.7. The number of nitrogens with one attached hydrogen (secondary N) is 1. The Morgan fingerprint density at radius 1 is 0.900 bits per heavy atom. The number of nitrogens with zero attached hydrogens (tertiary/aromatic N) is 1. The molecule has 3 rings (SSSR count). The molecule has 0 saturated carbocycles. The lowest BCUT2D eigenvalue weighted by Gasteiger charge is -2.09. The van der Waals surface area contributed by atoms with Gasteiger partial charge in [-0.3, -0.25) is 19.7 Å². The van der Waals surface area contributed by atoms with Crippen LogP contribution in [0.3, 0.4) is 0 Å². The Kier molecular flexibility index (Phi) is 5.92. The summed E-state index contributed by atoms with van der Waals surface area (Å²) in [7, 11) is 1.32. The van der Waals surface area contributed by atoms with Gasteiger partial charge in [-0.15, -0.1) is 0 Å². The minimum atomic E-state index is -0.613. The van der Waals surface area contributed by atoms with Gasteiger partial charge in [-0.2, -0.15) is 0 Å². The molecular formula is C23H20N2O5. The molecule has 1 N–H and O–H groups in total. The van der Waals surface area contributed by atoms with Crippen LogP contribution in [0.25, 0.3) is 0 Å². The summed E-state index contributed by atoms with van der Waals surface area (Å²) in [6.45, 7) is 3.92. The molecule has 152 valence electrons. The second-order valence-electron chi connectivity index (χ2n) is 6.81. The van der Waals surface area contributed by atoms with Crippen LogP contribution in [-0.4, -0.2) is 23.7 Å². The number of ketones is 1. The van der Waals surface area contributed by atoms with E-state index in [0.29, 0.717) is 16.8 Å². The zero-order valence-corrected chi connectivity index (χ0v) is 16.8. The van der Waals surface area contributed by atoms with Crippen LogP contribution in [-0.2, 0) is 0 Å². The fourth-order valence-electron chi connectivity index (χ4n) is 2.96. The Balaban J connectivity index is 1.84. The number of hydrogen-bond acceptors (Lipinski definition) is 5. The van der Waals surface area contributed by atoms with Gasteiger partial charge in [0.2, 0.25) is 0 Å². The fourth-order valence-corrected chi connectivity index (χ4v) is 2.96. The van der Waals surface area contributed by atoms with E-state index >= 15 is 0 Å². The predicted octanol–water partition coefficient (Wildman–Crippen LogP) is 4.70. The molecule has 3 aromatic carbocycles. The van der Waals surface area contributed by atoms with Crippen LogP contribution in [0.15, 0.2) is 60.7 Å². The summed E-state index contributed by atoms with van der Waals surface area (Å²) in [6.07, 6.45) is 0. The Bertz CT molecular complexity index is 1150. The molecule has 0 heterocycles. The number of benzene rings is 3. The third-order valence-corrected chi connectivity index (χ3v) is 4.79. The molecule has 0 aromatic heterocycles. The monoisotopic (exact) mass is 404 g/mol. The average molecular weight is 404 g/mol. The van der Waals surface area contributed by atoms with Gasteiger partial charge in [-0.1, -0.05) is 24.3 Å². The van der Waals surface area contributed by atoms with E-state index < -0.39 is 10.8 Å². The number of hydrogen-bond donors (Lipinski definition) is 1. The van der Waals surface area contributed by atoms with Crippen molar-refractivity contribution in [1.82, 2.24) is 0 Å². The molecule has 7 nitrogen and oxygen atoms in total. The summed E-state index contributed by atoms with van der Waals surface area (Å²) < 4.78 is 4.95. The minimum absolute atomic E-state index is 0.0672. The number of carbonyl (C=O) groups excluding carboxylic acids is 2.